The van der Waals surface area contributed by atoms with Crippen LogP contribution in [-0.4, -0.2) is 54.3 Å². The van der Waals surface area contributed by atoms with E-state index in [-0.39, 0.29) is 42.6 Å². The van der Waals surface area contributed by atoms with E-state index in [9.17, 15) is 14.4 Å². The second kappa shape index (κ2) is 17.8. The molecule has 1 atom stereocenters. The van der Waals surface area contributed by atoms with Gasteiger partial charge in [0.2, 0.25) is 17.7 Å². The number of rotatable bonds is 13. The smallest absolute Gasteiger partial charge is 0.248 e. The van der Waals surface area contributed by atoms with E-state index in [1.54, 1.807) is 4.90 Å². The van der Waals surface area contributed by atoms with Crippen LogP contribution in [0, 0.1) is 0 Å². The highest BCUT2D eigenvalue weighted by molar-refractivity contribution is 6.03. The standard InChI is InChI=1S/C43H50N4O3/c48-40(46(37-22-12-4-13-23-37)39-29-32-45(33-30-39)31-28-34-16-6-1-7-17-34)26-27-41(49)47(38-24-14-5-15-25-38)42(35-18-8-2-9-19-35)43(50)44-36-20-10-3-11-21-36/h1-2,4-9,12-19,22-25,36,39,42H,3,10-11,20-21,26-33H2,(H,44,50). The highest BCUT2D eigenvalue weighted by atomic mass is 16.2. The third-order valence-corrected chi connectivity index (χ3v) is 10.2. The quantitative estimate of drug-likeness (QED) is 0.158. The van der Waals surface area contributed by atoms with Gasteiger partial charge in [-0.2, -0.15) is 0 Å². The predicted molar refractivity (Wildman–Crippen MR) is 201 cm³/mol. The Labute approximate surface area is 297 Å². The molecule has 0 radical (unpaired) electrons. The van der Waals surface area contributed by atoms with Crippen LogP contribution in [0.25, 0.3) is 0 Å². The van der Waals surface area contributed by atoms with E-state index in [0.717, 1.165) is 75.8 Å². The first-order valence-electron chi connectivity index (χ1n) is 18.4. The molecule has 6 rings (SSSR count). The molecule has 2 fully saturated rings. The molecule has 7 nitrogen and oxygen atoms in total. The van der Waals surface area contributed by atoms with Crippen LogP contribution in [0.4, 0.5) is 11.4 Å². The summed E-state index contributed by atoms with van der Waals surface area (Å²) in [6.45, 7) is 2.84. The van der Waals surface area contributed by atoms with Gasteiger partial charge in [0.15, 0.2) is 0 Å². The molecule has 1 heterocycles. The van der Waals surface area contributed by atoms with Crippen molar-refractivity contribution in [1.82, 2.24) is 10.2 Å². The summed E-state index contributed by atoms with van der Waals surface area (Å²) in [5, 5.41) is 3.28. The average Bonchev–Trinajstić information content (AvgIpc) is 3.17. The number of carbonyl (C=O) groups excluding carboxylic acids is 3. The maximum Gasteiger partial charge on any atom is 0.248 e. The highest BCUT2D eigenvalue weighted by Crippen LogP contribution is 2.31. The summed E-state index contributed by atoms with van der Waals surface area (Å²) in [4.78, 5) is 48.8. The number of nitrogens with one attached hydrogen (secondary N) is 1. The first kappa shape index (κ1) is 35.1. The molecule has 0 spiro atoms. The van der Waals surface area contributed by atoms with Gasteiger partial charge in [-0.3, -0.25) is 19.3 Å². The van der Waals surface area contributed by atoms with Crippen molar-refractivity contribution in [3.63, 3.8) is 0 Å². The summed E-state index contributed by atoms with van der Waals surface area (Å²) < 4.78 is 0. The molecular weight excluding hydrogens is 620 g/mol. The van der Waals surface area contributed by atoms with Crippen molar-refractivity contribution < 1.29 is 14.4 Å². The van der Waals surface area contributed by atoms with Crippen LogP contribution < -0.4 is 15.1 Å². The van der Waals surface area contributed by atoms with Crippen LogP contribution in [0.1, 0.15) is 75.0 Å². The molecule has 3 amide bonds. The van der Waals surface area contributed by atoms with Crippen LogP contribution in [0.3, 0.4) is 0 Å². The Morgan fingerprint density at radius 1 is 0.640 bits per heavy atom. The number of likely N-dealkylation sites (tertiary alicyclic amines) is 1. The van der Waals surface area contributed by atoms with Gasteiger partial charge in [0.1, 0.15) is 6.04 Å². The Kier molecular flexibility index (Phi) is 12.5. The minimum atomic E-state index is -0.853. The van der Waals surface area contributed by atoms with Crippen molar-refractivity contribution in [3.05, 3.63) is 132 Å². The predicted octanol–water partition coefficient (Wildman–Crippen LogP) is 7.73. The maximum atomic E-state index is 14.4. The minimum Gasteiger partial charge on any atom is -0.351 e. The van der Waals surface area contributed by atoms with E-state index in [2.05, 4.69) is 34.5 Å². The van der Waals surface area contributed by atoms with E-state index < -0.39 is 6.04 Å². The number of benzene rings is 4. The van der Waals surface area contributed by atoms with E-state index in [1.807, 2.05) is 102 Å². The Morgan fingerprint density at radius 2 is 1.18 bits per heavy atom. The number of carbonyl (C=O) groups is 3. The minimum absolute atomic E-state index is 0.00692. The summed E-state index contributed by atoms with van der Waals surface area (Å²) in [6, 6.07) is 38.6. The second-order valence-electron chi connectivity index (χ2n) is 13.7. The molecule has 50 heavy (non-hydrogen) atoms. The summed E-state index contributed by atoms with van der Waals surface area (Å²) in [5.41, 5.74) is 3.59. The van der Waals surface area contributed by atoms with Gasteiger partial charge < -0.3 is 15.1 Å². The molecule has 1 N–H and O–H groups in total. The largest absolute Gasteiger partial charge is 0.351 e. The van der Waals surface area contributed by atoms with Crippen LogP contribution in [0.5, 0.6) is 0 Å². The molecule has 0 bridgehead atoms. The van der Waals surface area contributed by atoms with Crippen molar-refractivity contribution in [3.8, 4) is 0 Å². The lowest BCUT2D eigenvalue weighted by Crippen LogP contribution is -2.49. The monoisotopic (exact) mass is 670 g/mol. The third-order valence-electron chi connectivity index (χ3n) is 10.2. The van der Waals surface area contributed by atoms with Gasteiger partial charge in [-0.05, 0) is 67.5 Å². The molecule has 7 heteroatoms. The lowest BCUT2D eigenvalue weighted by molar-refractivity contribution is -0.128. The van der Waals surface area contributed by atoms with Crippen LogP contribution in [0.15, 0.2) is 121 Å². The molecule has 1 aliphatic carbocycles. The van der Waals surface area contributed by atoms with E-state index in [0.29, 0.717) is 5.69 Å². The number of anilines is 2. The van der Waals surface area contributed by atoms with Crippen molar-refractivity contribution in [2.45, 2.75) is 82.3 Å². The van der Waals surface area contributed by atoms with Crippen LogP contribution in [-0.2, 0) is 20.8 Å². The van der Waals surface area contributed by atoms with Crippen molar-refractivity contribution in [2.24, 2.45) is 0 Å². The zero-order valence-electron chi connectivity index (χ0n) is 29.0. The number of nitrogens with zero attached hydrogens (tertiary/aromatic N) is 3. The van der Waals surface area contributed by atoms with Crippen LogP contribution in [0.2, 0.25) is 0 Å². The van der Waals surface area contributed by atoms with Gasteiger partial charge in [-0.15, -0.1) is 0 Å². The average molecular weight is 671 g/mol. The normalized spacial score (nSPS) is 16.3. The van der Waals surface area contributed by atoms with Gasteiger partial charge >= 0.3 is 0 Å². The number of amides is 3. The lowest BCUT2D eigenvalue weighted by atomic mass is 9.94. The fourth-order valence-electron chi connectivity index (χ4n) is 7.54. The summed E-state index contributed by atoms with van der Waals surface area (Å²) in [6.07, 6.45) is 8.06. The molecule has 0 aromatic heterocycles. The first-order valence-corrected chi connectivity index (χ1v) is 18.4. The number of hydrogen-bond acceptors (Lipinski definition) is 4. The molecule has 2 aliphatic rings. The number of para-hydroxylation sites is 2. The molecule has 1 saturated heterocycles. The van der Waals surface area contributed by atoms with E-state index >= 15 is 0 Å². The van der Waals surface area contributed by atoms with Gasteiger partial charge in [-0.1, -0.05) is 116 Å². The van der Waals surface area contributed by atoms with E-state index in [4.69, 9.17) is 0 Å². The molecule has 4 aromatic carbocycles. The number of hydrogen-bond donors (Lipinski definition) is 1. The van der Waals surface area contributed by atoms with E-state index in [1.165, 1.54) is 12.0 Å². The van der Waals surface area contributed by atoms with Gasteiger partial charge in [0.05, 0.1) is 0 Å². The topological polar surface area (TPSA) is 73.0 Å². The van der Waals surface area contributed by atoms with Crippen LogP contribution >= 0.6 is 0 Å². The SMILES string of the molecule is O=C(NC1CCCCC1)C(c1ccccc1)N(C(=O)CCC(=O)N(c1ccccc1)C1CCN(CCc2ccccc2)CC1)c1ccccc1. The number of piperidine rings is 1. The van der Waals surface area contributed by atoms with Crippen molar-refractivity contribution >= 4 is 29.1 Å². The third kappa shape index (κ3) is 9.27. The highest BCUT2D eigenvalue weighted by Gasteiger charge is 2.35. The summed E-state index contributed by atoms with van der Waals surface area (Å²) >= 11 is 0. The fourth-order valence-corrected chi connectivity index (χ4v) is 7.54. The molecule has 260 valence electrons. The molecule has 1 unspecified atom stereocenters. The van der Waals surface area contributed by atoms with Gasteiger partial charge in [0, 0.05) is 55.9 Å². The van der Waals surface area contributed by atoms with Gasteiger partial charge in [-0.25, -0.2) is 0 Å². The lowest BCUT2D eigenvalue weighted by Gasteiger charge is -2.39. The zero-order chi connectivity index (χ0) is 34.5. The maximum absolute atomic E-state index is 14.4. The molecule has 1 saturated carbocycles. The zero-order valence-corrected chi connectivity index (χ0v) is 29.0. The second-order valence-corrected chi connectivity index (χ2v) is 13.7. The van der Waals surface area contributed by atoms with Crippen molar-refractivity contribution in [2.75, 3.05) is 29.4 Å². The first-order chi connectivity index (χ1) is 24.6. The Bertz CT molecular complexity index is 1640. The Balaban J connectivity index is 1.18. The van der Waals surface area contributed by atoms with Crippen molar-refractivity contribution in [1.29, 1.82) is 0 Å². The Morgan fingerprint density at radius 3 is 1.80 bits per heavy atom. The summed E-state index contributed by atoms with van der Waals surface area (Å²) in [5.74, 6) is -0.499. The molecule has 4 aromatic rings. The van der Waals surface area contributed by atoms with Gasteiger partial charge in [0.25, 0.3) is 0 Å². The fraction of sp³-hybridized carbons (Fsp3) is 0.372. The molecular formula is C43H50N4O3. The Hall–Kier alpha value is -4.75. The molecule has 1 aliphatic heterocycles. The summed E-state index contributed by atoms with van der Waals surface area (Å²) in [7, 11) is 0.